The van der Waals surface area contributed by atoms with Gasteiger partial charge >= 0.3 is 0 Å². The van der Waals surface area contributed by atoms with E-state index in [1.165, 1.54) is 0 Å². The summed E-state index contributed by atoms with van der Waals surface area (Å²) in [6.45, 7) is 3.73. The highest BCUT2D eigenvalue weighted by Gasteiger charge is 2.39. The normalized spacial score (nSPS) is 49.2. The first-order valence-electron chi connectivity index (χ1n) is 4.35. The molecule has 4 heteroatoms. The van der Waals surface area contributed by atoms with Crippen LogP contribution in [0.5, 0.6) is 0 Å². The number of aliphatic hydroxyl groups excluding tert-OH is 2. The molecule has 1 aliphatic rings. The monoisotopic (exact) mass is 175 g/mol. The third-order valence-electron chi connectivity index (χ3n) is 2.57. The Balaban J connectivity index is 2.63. The smallest absolute Gasteiger partial charge is 0.170 e. The molecule has 0 saturated carbocycles. The van der Waals surface area contributed by atoms with Crippen LogP contribution in [0.15, 0.2) is 0 Å². The number of rotatable bonds is 1. The minimum absolute atomic E-state index is 0.112. The van der Waals surface area contributed by atoms with Gasteiger partial charge in [0.05, 0.1) is 18.2 Å². The zero-order valence-corrected chi connectivity index (χ0v) is 7.47. The van der Waals surface area contributed by atoms with Crippen molar-refractivity contribution < 1.29 is 14.9 Å². The molecule has 12 heavy (non-hydrogen) atoms. The van der Waals surface area contributed by atoms with Crippen molar-refractivity contribution in [1.29, 1.82) is 0 Å². The average molecular weight is 175 g/mol. The Morgan fingerprint density at radius 3 is 2.50 bits per heavy atom. The molecule has 0 radical (unpaired) electrons. The van der Waals surface area contributed by atoms with Gasteiger partial charge in [-0.25, -0.2) is 0 Å². The molecule has 0 aromatic carbocycles. The van der Waals surface area contributed by atoms with E-state index >= 15 is 0 Å². The summed E-state index contributed by atoms with van der Waals surface area (Å²) in [5, 5.41) is 18.9. The lowest BCUT2D eigenvalue weighted by molar-refractivity contribution is -0.225. The molecule has 5 unspecified atom stereocenters. The maximum absolute atomic E-state index is 9.61. The molecule has 1 aliphatic heterocycles. The number of ether oxygens (including phenoxy) is 1. The summed E-state index contributed by atoms with van der Waals surface area (Å²) in [5.41, 5.74) is 5.59. The molecule has 1 fully saturated rings. The van der Waals surface area contributed by atoms with Crippen LogP contribution in [0.1, 0.15) is 20.3 Å². The van der Waals surface area contributed by atoms with E-state index in [0.29, 0.717) is 6.42 Å². The second-order valence-corrected chi connectivity index (χ2v) is 3.40. The molecule has 0 aromatic rings. The summed E-state index contributed by atoms with van der Waals surface area (Å²) in [6.07, 6.45) is -1.09. The first-order chi connectivity index (χ1) is 5.57. The summed E-state index contributed by atoms with van der Waals surface area (Å²) >= 11 is 0. The SMILES string of the molecule is CCC1OC(O)C(N)C(C)C1O. The van der Waals surface area contributed by atoms with Crippen molar-refractivity contribution in [3.63, 3.8) is 0 Å². The maximum Gasteiger partial charge on any atom is 0.170 e. The highest BCUT2D eigenvalue weighted by atomic mass is 16.6. The first-order valence-corrected chi connectivity index (χ1v) is 4.35. The molecule has 0 aliphatic carbocycles. The molecule has 1 rings (SSSR count). The summed E-state index contributed by atoms with van der Waals surface area (Å²) in [5.74, 6) is -0.112. The third-order valence-corrected chi connectivity index (χ3v) is 2.57. The summed E-state index contributed by atoms with van der Waals surface area (Å²) in [7, 11) is 0. The molecule has 0 amide bonds. The largest absolute Gasteiger partial charge is 0.390 e. The Kier molecular flexibility index (Phi) is 3.06. The number of hydrogen-bond donors (Lipinski definition) is 3. The molecule has 1 heterocycles. The zero-order chi connectivity index (χ0) is 9.30. The molecular formula is C8H17NO3. The second-order valence-electron chi connectivity index (χ2n) is 3.40. The fraction of sp³-hybridized carbons (Fsp3) is 1.00. The van der Waals surface area contributed by atoms with E-state index < -0.39 is 18.4 Å². The highest BCUT2D eigenvalue weighted by Crippen LogP contribution is 2.24. The van der Waals surface area contributed by atoms with Crippen LogP contribution in [0.2, 0.25) is 0 Å². The zero-order valence-electron chi connectivity index (χ0n) is 7.47. The molecule has 5 atom stereocenters. The van der Waals surface area contributed by atoms with Crippen LogP contribution in [-0.2, 0) is 4.74 Å². The van der Waals surface area contributed by atoms with Crippen LogP contribution in [-0.4, -0.2) is 34.8 Å². The average Bonchev–Trinajstić information content (AvgIpc) is 2.08. The van der Waals surface area contributed by atoms with Gasteiger partial charge in [0.25, 0.3) is 0 Å². The lowest BCUT2D eigenvalue weighted by Gasteiger charge is -2.39. The number of hydrogen-bond acceptors (Lipinski definition) is 4. The van der Waals surface area contributed by atoms with Crippen LogP contribution >= 0.6 is 0 Å². The predicted molar refractivity (Wildman–Crippen MR) is 44.3 cm³/mol. The van der Waals surface area contributed by atoms with E-state index in [0.717, 1.165) is 0 Å². The Morgan fingerprint density at radius 2 is 2.00 bits per heavy atom. The predicted octanol–water partition coefficient (Wildman–Crippen LogP) is -0.562. The van der Waals surface area contributed by atoms with Gasteiger partial charge in [-0.1, -0.05) is 13.8 Å². The summed E-state index contributed by atoms with van der Waals surface area (Å²) < 4.78 is 5.11. The Hall–Kier alpha value is -0.160. The Labute approximate surface area is 72.3 Å². The van der Waals surface area contributed by atoms with Crippen molar-refractivity contribution in [2.45, 2.75) is 44.8 Å². The van der Waals surface area contributed by atoms with Crippen molar-refractivity contribution in [2.75, 3.05) is 0 Å². The molecular weight excluding hydrogens is 158 g/mol. The van der Waals surface area contributed by atoms with E-state index in [9.17, 15) is 10.2 Å². The van der Waals surface area contributed by atoms with Gasteiger partial charge in [0.2, 0.25) is 0 Å². The van der Waals surface area contributed by atoms with Crippen molar-refractivity contribution in [3.8, 4) is 0 Å². The van der Waals surface area contributed by atoms with Crippen molar-refractivity contribution in [1.82, 2.24) is 0 Å². The van der Waals surface area contributed by atoms with E-state index in [1.54, 1.807) is 0 Å². The topological polar surface area (TPSA) is 75.7 Å². The minimum atomic E-state index is -0.937. The molecule has 0 aromatic heterocycles. The quantitative estimate of drug-likeness (QED) is 0.499. The standard InChI is InChI=1S/C8H17NO3/c1-3-5-7(10)4(2)6(9)8(11)12-5/h4-8,10-11H,3,9H2,1-2H3. The van der Waals surface area contributed by atoms with Gasteiger partial charge in [-0.2, -0.15) is 0 Å². The first kappa shape index (κ1) is 9.92. The van der Waals surface area contributed by atoms with E-state index in [2.05, 4.69) is 0 Å². The molecule has 0 bridgehead atoms. The summed E-state index contributed by atoms with van der Waals surface area (Å²) in [4.78, 5) is 0. The maximum atomic E-state index is 9.61. The molecule has 1 saturated heterocycles. The van der Waals surface area contributed by atoms with Crippen LogP contribution < -0.4 is 5.73 Å². The molecule has 4 nitrogen and oxygen atoms in total. The fourth-order valence-corrected chi connectivity index (χ4v) is 1.51. The van der Waals surface area contributed by atoms with Gasteiger partial charge in [0, 0.05) is 5.92 Å². The highest BCUT2D eigenvalue weighted by molar-refractivity contribution is 4.87. The van der Waals surface area contributed by atoms with Gasteiger partial charge < -0.3 is 20.7 Å². The van der Waals surface area contributed by atoms with Crippen LogP contribution in [0.3, 0.4) is 0 Å². The van der Waals surface area contributed by atoms with Crippen molar-refractivity contribution in [2.24, 2.45) is 11.7 Å². The van der Waals surface area contributed by atoms with E-state index in [1.807, 2.05) is 13.8 Å². The molecule has 0 spiro atoms. The van der Waals surface area contributed by atoms with E-state index in [-0.39, 0.29) is 12.0 Å². The van der Waals surface area contributed by atoms with Gasteiger partial charge in [-0.3, -0.25) is 0 Å². The lowest BCUT2D eigenvalue weighted by Crippen LogP contribution is -2.56. The van der Waals surface area contributed by atoms with Gasteiger partial charge in [0.15, 0.2) is 6.29 Å². The molecule has 72 valence electrons. The number of aliphatic hydroxyl groups is 2. The van der Waals surface area contributed by atoms with Gasteiger partial charge in [-0.05, 0) is 6.42 Å². The van der Waals surface area contributed by atoms with Crippen molar-refractivity contribution >= 4 is 0 Å². The minimum Gasteiger partial charge on any atom is -0.390 e. The van der Waals surface area contributed by atoms with Gasteiger partial charge in [0.1, 0.15) is 0 Å². The Morgan fingerprint density at radius 1 is 1.42 bits per heavy atom. The van der Waals surface area contributed by atoms with Crippen molar-refractivity contribution in [3.05, 3.63) is 0 Å². The molecule has 4 N–H and O–H groups in total. The second kappa shape index (κ2) is 3.70. The van der Waals surface area contributed by atoms with E-state index in [4.69, 9.17) is 10.5 Å². The van der Waals surface area contributed by atoms with Gasteiger partial charge in [-0.15, -0.1) is 0 Å². The van der Waals surface area contributed by atoms with Crippen LogP contribution in [0.25, 0.3) is 0 Å². The summed E-state index contributed by atoms with van der Waals surface area (Å²) in [6, 6.07) is -0.484. The van der Waals surface area contributed by atoms with Crippen LogP contribution in [0.4, 0.5) is 0 Å². The van der Waals surface area contributed by atoms with Crippen LogP contribution in [0, 0.1) is 5.92 Å². The fourth-order valence-electron chi connectivity index (χ4n) is 1.51. The Bertz CT molecular complexity index is 148. The number of nitrogens with two attached hydrogens (primary N) is 1. The third kappa shape index (κ3) is 1.61. The lowest BCUT2D eigenvalue weighted by atomic mass is 9.88.